The van der Waals surface area contributed by atoms with Crippen molar-refractivity contribution in [1.29, 1.82) is 0 Å². The van der Waals surface area contributed by atoms with Crippen LogP contribution >= 0.6 is 0 Å². The molecule has 2 heteroatoms. The maximum absolute atomic E-state index is 12.9. The molecule has 0 bridgehead atoms. The minimum atomic E-state index is -0.169. The van der Waals surface area contributed by atoms with Crippen LogP contribution in [0, 0.1) is 12.7 Å². The Kier molecular flexibility index (Phi) is 4.33. The standard InChI is InChI=1S/C12H16FN/c1-10-6-7-12(13)9-11(10)5-3-2-4-8-14/h2-3,6-7,9H,4-5,8,14H2,1H3/b3-2+. The molecule has 0 saturated carbocycles. The summed E-state index contributed by atoms with van der Waals surface area (Å²) in [5.74, 6) is -0.169. The van der Waals surface area contributed by atoms with Gasteiger partial charge in [-0.25, -0.2) is 4.39 Å². The van der Waals surface area contributed by atoms with E-state index in [2.05, 4.69) is 0 Å². The Balaban J connectivity index is 2.62. The molecule has 0 radical (unpaired) electrons. The summed E-state index contributed by atoms with van der Waals surface area (Å²) in [6.07, 6.45) is 5.73. The molecule has 14 heavy (non-hydrogen) atoms. The SMILES string of the molecule is Cc1ccc(F)cc1C/C=C/CCN. The topological polar surface area (TPSA) is 26.0 Å². The lowest BCUT2D eigenvalue weighted by Crippen LogP contribution is -1.95. The number of benzene rings is 1. The molecule has 0 saturated heterocycles. The van der Waals surface area contributed by atoms with Crippen LogP contribution in [0.25, 0.3) is 0 Å². The van der Waals surface area contributed by atoms with Crippen LogP contribution in [-0.2, 0) is 6.42 Å². The van der Waals surface area contributed by atoms with E-state index >= 15 is 0 Å². The van der Waals surface area contributed by atoms with Crippen LogP contribution in [0.5, 0.6) is 0 Å². The summed E-state index contributed by atoms with van der Waals surface area (Å²) >= 11 is 0. The first-order valence-corrected chi connectivity index (χ1v) is 4.84. The molecular formula is C12H16FN. The lowest BCUT2D eigenvalue weighted by molar-refractivity contribution is 0.625. The first-order chi connectivity index (χ1) is 6.74. The summed E-state index contributed by atoms with van der Waals surface area (Å²) in [6, 6.07) is 4.88. The van der Waals surface area contributed by atoms with Crippen molar-refractivity contribution in [1.82, 2.24) is 0 Å². The van der Waals surface area contributed by atoms with Gasteiger partial charge in [-0.1, -0.05) is 18.2 Å². The number of halogens is 1. The van der Waals surface area contributed by atoms with E-state index in [4.69, 9.17) is 5.73 Å². The molecule has 1 rings (SSSR count). The lowest BCUT2D eigenvalue weighted by Gasteiger charge is -2.01. The molecular weight excluding hydrogens is 177 g/mol. The molecule has 1 aromatic carbocycles. The van der Waals surface area contributed by atoms with Gasteiger partial charge in [0, 0.05) is 0 Å². The Hall–Kier alpha value is -1.15. The van der Waals surface area contributed by atoms with Gasteiger partial charge in [0.05, 0.1) is 0 Å². The van der Waals surface area contributed by atoms with E-state index in [1.807, 2.05) is 19.1 Å². The molecule has 0 spiro atoms. The summed E-state index contributed by atoms with van der Waals surface area (Å²) in [5, 5.41) is 0. The number of rotatable bonds is 4. The Bertz CT molecular complexity index is 318. The fourth-order valence-corrected chi connectivity index (χ4v) is 1.28. The molecule has 1 nitrogen and oxygen atoms in total. The van der Waals surface area contributed by atoms with E-state index < -0.39 is 0 Å². The highest BCUT2D eigenvalue weighted by atomic mass is 19.1. The molecule has 0 amide bonds. The van der Waals surface area contributed by atoms with E-state index in [9.17, 15) is 4.39 Å². The normalized spacial score (nSPS) is 11.1. The first-order valence-electron chi connectivity index (χ1n) is 4.84. The summed E-state index contributed by atoms with van der Waals surface area (Å²) in [6.45, 7) is 2.66. The third kappa shape index (κ3) is 3.30. The molecule has 1 aromatic rings. The molecule has 0 aliphatic rings. The maximum atomic E-state index is 12.9. The van der Waals surface area contributed by atoms with Gasteiger partial charge in [0.15, 0.2) is 0 Å². The van der Waals surface area contributed by atoms with Crippen molar-refractivity contribution >= 4 is 0 Å². The predicted octanol–water partition coefficient (Wildman–Crippen LogP) is 2.58. The van der Waals surface area contributed by atoms with Crippen molar-refractivity contribution in [2.45, 2.75) is 19.8 Å². The van der Waals surface area contributed by atoms with E-state index in [1.54, 1.807) is 12.1 Å². The van der Waals surface area contributed by atoms with Crippen molar-refractivity contribution in [2.75, 3.05) is 6.54 Å². The number of nitrogens with two attached hydrogens (primary N) is 1. The Morgan fingerprint density at radius 1 is 1.36 bits per heavy atom. The quantitative estimate of drug-likeness (QED) is 0.731. The largest absolute Gasteiger partial charge is 0.330 e. The fraction of sp³-hybridized carbons (Fsp3) is 0.333. The van der Waals surface area contributed by atoms with Crippen LogP contribution < -0.4 is 5.73 Å². The molecule has 0 aliphatic heterocycles. The van der Waals surface area contributed by atoms with E-state index in [-0.39, 0.29) is 5.82 Å². The van der Waals surface area contributed by atoms with Gasteiger partial charge in [-0.05, 0) is 49.6 Å². The first kappa shape index (κ1) is 10.9. The van der Waals surface area contributed by atoms with Crippen molar-refractivity contribution in [3.8, 4) is 0 Å². The highest BCUT2D eigenvalue weighted by Gasteiger charge is 1.97. The molecule has 2 N–H and O–H groups in total. The molecule has 0 atom stereocenters. The number of allylic oxidation sites excluding steroid dienone is 1. The van der Waals surface area contributed by atoms with Crippen LogP contribution in [0.2, 0.25) is 0 Å². The average Bonchev–Trinajstić information content (AvgIpc) is 2.18. The Morgan fingerprint density at radius 2 is 2.14 bits per heavy atom. The van der Waals surface area contributed by atoms with Crippen LogP contribution in [-0.4, -0.2) is 6.54 Å². The average molecular weight is 193 g/mol. The Labute approximate surface area is 84.4 Å². The number of hydrogen-bond acceptors (Lipinski definition) is 1. The molecule has 0 unspecified atom stereocenters. The van der Waals surface area contributed by atoms with E-state index in [1.165, 1.54) is 6.07 Å². The van der Waals surface area contributed by atoms with E-state index in [0.29, 0.717) is 6.54 Å². The third-order valence-corrected chi connectivity index (χ3v) is 2.15. The lowest BCUT2D eigenvalue weighted by atomic mass is 10.1. The number of aryl methyl sites for hydroxylation is 1. The monoisotopic (exact) mass is 193 g/mol. The summed E-state index contributed by atoms with van der Waals surface area (Å²) < 4.78 is 12.9. The smallest absolute Gasteiger partial charge is 0.123 e. The van der Waals surface area contributed by atoms with Crippen LogP contribution in [0.15, 0.2) is 30.4 Å². The summed E-state index contributed by atoms with van der Waals surface area (Å²) in [4.78, 5) is 0. The minimum Gasteiger partial charge on any atom is -0.330 e. The zero-order valence-electron chi connectivity index (χ0n) is 8.46. The minimum absolute atomic E-state index is 0.169. The van der Waals surface area contributed by atoms with Crippen molar-refractivity contribution < 1.29 is 4.39 Å². The van der Waals surface area contributed by atoms with E-state index in [0.717, 1.165) is 24.0 Å². The van der Waals surface area contributed by atoms with Gasteiger partial charge in [0.1, 0.15) is 5.82 Å². The van der Waals surface area contributed by atoms with Crippen molar-refractivity contribution in [3.05, 3.63) is 47.3 Å². The third-order valence-electron chi connectivity index (χ3n) is 2.15. The summed E-state index contributed by atoms with van der Waals surface area (Å²) in [5.41, 5.74) is 7.52. The Morgan fingerprint density at radius 3 is 2.86 bits per heavy atom. The van der Waals surface area contributed by atoms with Crippen molar-refractivity contribution in [3.63, 3.8) is 0 Å². The molecule has 0 aromatic heterocycles. The molecule has 0 aliphatic carbocycles. The number of hydrogen-bond donors (Lipinski definition) is 1. The van der Waals surface area contributed by atoms with Crippen LogP contribution in [0.3, 0.4) is 0 Å². The zero-order chi connectivity index (χ0) is 10.4. The van der Waals surface area contributed by atoms with Gasteiger partial charge in [-0.3, -0.25) is 0 Å². The van der Waals surface area contributed by atoms with Gasteiger partial charge < -0.3 is 5.73 Å². The maximum Gasteiger partial charge on any atom is 0.123 e. The second-order valence-electron chi connectivity index (χ2n) is 3.32. The van der Waals surface area contributed by atoms with Gasteiger partial charge in [0.2, 0.25) is 0 Å². The second kappa shape index (κ2) is 5.55. The highest BCUT2D eigenvalue weighted by molar-refractivity contribution is 5.28. The van der Waals surface area contributed by atoms with Gasteiger partial charge in [0.25, 0.3) is 0 Å². The highest BCUT2D eigenvalue weighted by Crippen LogP contribution is 2.11. The molecule has 76 valence electrons. The zero-order valence-corrected chi connectivity index (χ0v) is 8.46. The van der Waals surface area contributed by atoms with Crippen molar-refractivity contribution in [2.24, 2.45) is 5.73 Å². The predicted molar refractivity (Wildman–Crippen MR) is 57.7 cm³/mol. The summed E-state index contributed by atoms with van der Waals surface area (Å²) in [7, 11) is 0. The molecule has 0 heterocycles. The van der Waals surface area contributed by atoms with Crippen LogP contribution in [0.4, 0.5) is 4.39 Å². The van der Waals surface area contributed by atoms with Gasteiger partial charge >= 0.3 is 0 Å². The van der Waals surface area contributed by atoms with Gasteiger partial charge in [-0.15, -0.1) is 0 Å². The van der Waals surface area contributed by atoms with Crippen LogP contribution in [0.1, 0.15) is 17.5 Å². The fourth-order valence-electron chi connectivity index (χ4n) is 1.28. The van der Waals surface area contributed by atoms with Gasteiger partial charge in [-0.2, -0.15) is 0 Å². The second-order valence-corrected chi connectivity index (χ2v) is 3.32. The molecule has 0 fully saturated rings.